The fourth-order valence-corrected chi connectivity index (χ4v) is 1.85. The lowest BCUT2D eigenvalue weighted by molar-refractivity contribution is 0.681. The number of nitrogens with one attached hydrogen (secondary N) is 1. The topological polar surface area (TPSA) is 68.6 Å². The van der Waals surface area contributed by atoms with Crippen LogP contribution in [-0.4, -0.2) is 28.0 Å². The maximum absolute atomic E-state index is 8.88. The first-order valence-corrected chi connectivity index (χ1v) is 5.69. The van der Waals surface area contributed by atoms with Gasteiger partial charge in [0.15, 0.2) is 0 Å². The van der Waals surface area contributed by atoms with Crippen molar-refractivity contribution in [2.45, 2.75) is 13.8 Å². The van der Waals surface area contributed by atoms with Crippen LogP contribution in [0.3, 0.4) is 0 Å². The van der Waals surface area contributed by atoms with Gasteiger partial charge in [-0.05, 0) is 19.9 Å². The summed E-state index contributed by atoms with van der Waals surface area (Å²) < 4.78 is 0. The maximum atomic E-state index is 8.88. The van der Waals surface area contributed by atoms with Crippen molar-refractivity contribution in [3.05, 3.63) is 18.6 Å². The molecule has 0 spiro atoms. The Morgan fingerprint density at radius 3 is 3.06 bits per heavy atom. The molecule has 2 aromatic rings. The molecule has 5 nitrogen and oxygen atoms in total. The van der Waals surface area contributed by atoms with Gasteiger partial charge in [0.25, 0.3) is 0 Å². The van der Waals surface area contributed by atoms with E-state index in [0.29, 0.717) is 6.54 Å². The molecule has 0 aliphatic heterocycles. The van der Waals surface area contributed by atoms with Gasteiger partial charge in [-0.1, -0.05) is 0 Å². The van der Waals surface area contributed by atoms with Crippen molar-refractivity contribution in [2.24, 2.45) is 5.92 Å². The van der Waals surface area contributed by atoms with Gasteiger partial charge in [0.1, 0.15) is 17.8 Å². The van der Waals surface area contributed by atoms with Crippen LogP contribution in [0.4, 0.5) is 5.82 Å². The molecule has 0 saturated heterocycles. The zero-order chi connectivity index (χ0) is 12.3. The van der Waals surface area contributed by atoms with Gasteiger partial charge in [-0.25, -0.2) is 9.97 Å². The minimum absolute atomic E-state index is 0.0149. The standard InChI is InChI=1S/C12H15N5/c1-3-17(7-9(2)6-13)12-10-4-5-14-11(10)15-8-16-12/h4-5,8-9H,3,7H2,1-2H3,(H,14,15,16). The van der Waals surface area contributed by atoms with E-state index in [4.69, 9.17) is 5.26 Å². The molecule has 2 rings (SSSR count). The summed E-state index contributed by atoms with van der Waals surface area (Å²) in [5.41, 5.74) is 0.832. The van der Waals surface area contributed by atoms with Crippen LogP contribution in [0.25, 0.3) is 11.0 Å². The van der Waals surface area contributed by atoms with Gasteiger partial charge in [-0.3, -0.25) is 0 Å². The molecule has 1 atom stereocenters. The summed E-state index contributed by atoms with van der Waals surface area (Å²) in [6.07, 6.45) is 3.40. The second-order valence-corrected chi connectivity index (χ2v) is 4.01. The Bertz CT molecular complexity index is 539. The smallest absolute Gasteiger partial charge is 0.142 e. The number of rotatable bonds is 4. The first-order chi connectivity index (χ1) is 8.26. The molecule has 0 aliphatic rings. The third-order valence-corrected chi connectivity index (χ3v) is 2.73. The third-order valence-electron chi connectivity index (χ3n) is 2.73. The summed E-state index contributed by atoms with van der Waals surface area (Å²) in [6, 6.07) is 4.21. The van der Waals surface area contributed by atoms with E-state index < -0.39 is 0 Å². The average Bonchev–Trinajstić information content (AvgIpc) is 2.83. The van der Waals surface area contributed by atoms with Crippen LogP contribution in [0.1, 0.15) is 13.8 Å². The largest absolute Gasteiger partial charge is 0.355 e. The van der Waals surface area contributed by atoms with Gasteiger partial charge >= 0.3 is 0 Å². The first-order valence-electron chi connectivity index (χ1n) is 5.69. The Hall–Kier alpha value is -2.09. The van der Waals surface area contributed by atoms with Crippen molar-refractivity contribution < 1.29 is 0 Å². The van der Waals surface area contributed by atoms with E-state index in [-0.39, 0.29) is 5.92 Å². The molecule has 0 amide bonds. The zero-order valence-electron chi connectivity index (χ0n) is 10.0. The lowest BCUT2D eigenvalue weighted by atomic mass is 10.2. The third kappa shape index (κ3) is 2.21. The molecule has 0 bridgehead atoms. The number of anilines is 1. The lowest BCUT2D eigenvalue weighted by Gasteiger charge is -2.23. The molecule has 0 radical (unpaired) electrons. The summed E-state index contributed by atoms with van der Waals surface area (Å²) in [7, 11) is 0. The lowest BCUT2D eigenvalue weighted by Crippen LogP contribution is -2.28. The van der Waals surface area contributed by atoms with Gasteiger partial charge in [0.2, 0.25) is 0 Å². The molecule has 2 heterocycles. The van der Waals surface area contributed by atoms with E-state index in [1.807, 2.05) is 19.2 Å². The summed E-state index contributed by atoms with van der Waals surface area (Å²) in [6.45, 7) is 5.48. The Balaban J connectivity index is 2.36. The molecule has 17 heavy (non-hydrogen) atoms. The fourth-order valence-electron chi connectivity index (χ4n) is 1.85. The van der Waals surface area contributed by atoms with Gasteiger partial charge in [0, 0.05) is 19.3 Å². The number of fused-ring (bicyclic) bond motifs is 1. The highest BCUT2D eigenvalue weighted by Crippen LogP contribution is 2.22. The summed E-state index contributed by atoms with van der Waals surface area (Å²) in [4.78, 5) is 13.6. The maximum Gasteiger partial charge on any atom is 0.142 e. The molecule has 1 N–H and O–H groups in total. The highest BCUT2D eigenvalue weighted by atomic mass is 15.2. The molecule has 0 aliphatic carbocycles. The van der Waals surface area contributed by atoms with Crippen molar-refractivity contribution in [3.8, 4) is 6.07 Å². The first kappa shape index (κ1) is 11.4. The molecule has 2 aromatic heterocycles. The second-order valence-electron chi connectivity index (χ2n) is 4.01. The second kappa shape index (κ2) is 4.83. The van der Waals surface area contributed by atoms with Gasteiger partial charge in [-0.15, -0.1) is 0 Å². The van der Waals surface area contributed by atoms with E-state index in [9.17, 15) is 0 Å². The Labute approximate surface area is 100 Å². The molecular weight excluding hydrogens is 214 g/mol. The Kier molecular flexibility index (Phi) is 3.24. The number of H-pyrrole nitrogens is 1. The van der Waals surface area contributed by atoms with Gasteiger partial charge in [-0.2, -0.15) is 5.26 Å². The number of nitrogens with zero attached hydrogens (tertiary/aromatic N) is 4. The highest BCUT2D eigenvalue weighted by Gasteiger charge is 2.13. The predicted octanol–water partition coefficient (Wildman–Crippen LogP) is 1.94. The van der Waals surface area contributed by atoms with E-state index in [1.54, 1.807) is 6.33 Å². The van der Waals surface area contributed by atoms with Crippen LogP contribution < -0.4 is 4.90 Å². The van der Waals surface area contributed by atoms with Crippen molar-refractivity contribution in [3.63, 3.8) is 0 Å². The van der Waals surface area contributed by atoms with Crippen LogP contribution in [0, 0.1) is 17.2 Å². The van der Waals surface area contributed by atoms with Gasteiger partial charge in [0.05, 0.1) is 17.4 Å². The minimum Gasteiger partial charge on any atom is -0.355 e. The van der Waals surface area contributed by atoms with Crippen molar-refractivity contribution in [1.82, 2.24) is 15.0 Å². The molecule has 0 saturated carbocycles. The summed E-state index contributed by atoms with van der Waals surface area (Å²) >= 11 is 0. The molecule has 1 unspecified atom stereocenters. The van der Waals surface area contributed by atoms with Crippen LogP contribution >= 0.6 is 0 Å². The molecule has 0 fully saturated rings. The van der Waals surface area contributed by atoms with Crippen LogP contribution in [0.2, 0.25) is 0 Å². The van der Waals surface area contributed by atoms with E-state index in [2.05, 4.69) is 32.8 Å². The number of aromatic nitrogens is 3. The van der Waals surface area contributed by atoms with Crippen molar-refractivity contribution in [2.75, 3.05) is 18.0 Å². The number of nitriles is 1. The number of hydrogen-bond acceptors (Lipinski definition) is 4. The predicted molar refractivity (Wildman–Crippen MR) is 66.6 cm³/mol. The molecule has 5 heteroatoms. The SMILES string of the molecule is CCN(CC(C)C#N)c1ncnc2[nH]ccc12. The van der Waals surface area contributed by atoms with Crippen LogP contribution in [0.5, 0.6) is 0 Å². The Morgan fingerprint density at radius 1 is 1.53 bits per heavy atom. The summed E-state index contributed by atoms with van der Waals surface area (Å²) in [5, 5.41) is 9.88. The van der Waals surface area contributed by atoms with Crippen molar-refractivity contribution in [1.29, 1.82) is 5.26 Å². The van der Waals surface area contributed by atoms with E-state index >= 15 is 0 Å². The average molecular weight is 229 g/mol. The van der Waals surface area contributed by atoms with E-state index in [0.717, 1.165) is 23.4 Å². The van der Waals surface area contributed by atoms with Gasteiger partial charge < -0.3 is 9.88 Å². The highest BCUT2D eigenvalue weighted by molar-refractivity contribution is 5.87. The number of aromatic amines is 1. The number of hydrogen-bond donors (Lipinski definition) is 1. The fraction of sp³-hybridized carbons (Fsp3) is 0.417. The zero-order valence-corrected chi connectivity index (χ0v) is 10.0. The summed E-state index contributed by atoms with van der Waals surface area (Å²) in [5.74, 6) is 0.875. The van der Waals surface area contributed by atoms with Crippen LogP contribution in [0.15, 0.2) is 18.6 Å². The Morgan fingerprint density at radius 2 is 2.35 bits per heavy atom. The molecular formula is C12H15N5. The monoisotopic (exact) mass is 229 g/mol. The quantitative estimate of drug-likeness (QED) is 0.870. The van der Waals surface area contributed by atoms with Crippen molar-refractivity contribution >= 4 is 16.9 Å². The molecule has 88 valence electrons. The van der Waals surface area contributed by atoms with Crippen LogP contribution in [-0.2, 0) is 0 Å². The van der Waals surface area contributed by atoms with E-state index in [1.165, 1.54) is 0 Å². The normalized spacial score (nSPS) is 12.3. The minimum atomic E-state index is -0.0149. The molecule has 0 aromatic carbocycles.